The quantitative estimate of drug-likeness (QED) is 0.858. The van der Waals surface area contributed by atoms with Crippen molar-refractivity contribution in [1.82, 2.24) is 5.32 Å². The zero-order chi connectivity index (χ0) is 15.5. The number of amides is 1. The van der Waals surface area contributed by atoms with E-state index in [2.05, 4.69) is 10.0 Å². The molecule has 2 rings (SSSR count). The molecule has 1 aliphatic heterocycles. The lowest BCUT2D eigenvalue weighted by atomic mass is 10.2. The predicted octanol–water partition coefficient (Wildman–Crippen LogP) is 1.62. The Balaban J connectivity index is 2.06. The van der Waals surface area contributed by atoms with Gasteiger partial charge in [-0.3, -0.25) is 9.52 Å². The van der Waals surface area contributed by atoms with E-state index in [0.29, 0.717) is 12.2 Å². The van der Waals surface area contributed by atoms with Crippen LogP contribution in [0.3, 0.4) is 0 Å². The largest absolute Gasteiger partial charge is 0.376 e. The molecule has 0 saturated carbocycles. The van der Waals surface area contributed by atoms with Gasteiger partial charge in [-0.15, -0.1) is 0 Å². The van der Waals surface area contributed by atoms with E-state index in [-0.39, 0.29) is 22.6 Å². The summed E-state index contributed by atoms with van der Waals surface area (Å²) >= 11 is 5.99. The first-order chi connectivity index (χ1) is 9.85. The monoisotopic (exact) mass is 332 g/mol. The summed E-state index contributed by atoms with van der Waals surface area (Å²) in [4.78, 5) is 12.1. The minimum atomic E-state index is -3.40. The molecule has 8 heteroatoms. The molecule has 1 fully saturated rings. The molecule has 21 heavy (non-hydrogen) atoms. The maximum Gasteiger partial charge on any atom is 0.252 e. The molecule has 0 spiro atoms. The lowest BCUT2D eigenvalue weighted by molar-refractivity contribution is 0.0858. The summed E-state index contributed by atoms with van der Waals surface area (Å²) in [5.74, 6) is -0.354. The van der Waals surface area contributed by atoms with Crippen LogP contribution in [-0.4, -0.2) is 39.8 Å². The molecule has 0 radical (unpaired) electrons. The first kappa shape index (κ1) is 16.1. The second kappa shape index (κ2) is 6.64. The Bertz CT molecular complexity index is 627. The van der Waals surface area contributed by atoms with Gasteiger partial charge >= 0.3 is 0 Å². The van der Waals surface area contributed by atoms with Crippen LogP contribution in [0.4, 0.5) is 5.69 Å². The van der Waals surface area contributed by atoms with Crippen molar-refractivity contribution in [2.45, 2.75) is 18.9 Å². The highest BCUT2D eigenvalue weighted by atomic mass is 35.5. The number of anilines is 1. The Hall–Kier alpha value is -1.31. The Morgan fingerprint density at radius 3 is 2.86 bits per heavy atom. The van der Waals surface area contributed by atoms with Gasteiger partial charge in [0.1, 0.15) is 0 Å². The van der Waals surface area contributed by atoms with Crippen molar-refractivity contribution in [3.63, 3.8) is 0 Å². The number of carbonyl (C=O) groups is 1. The zero-order valence-corrected chi connectivity index (χ0v) is 13.1. The highest BCUT2D eigenvalue weighted by Crippen LogP contribution is 2.21. The molecule has 1 aromatic rings. The summed E-state index contributed by atoms with van der Waals surface area (Å²) in [7, 11) is -3.40. The minimum absolute atomic E-state index is 0.0325. The van der Waals surface area contributed by atoms with Gasteiger partial charge in [-0.2, -0.15) is 0 Å². The van der Waals surface area contributed by atoms with Crippen LogP contribution < -0.4 is 10.0 Å². The van der Waals surface area contributed by atoms with E-state index in [9.17, 15) is 13.2 Å². The number of benzene rings is 1. The van der Waals surface area contributed by atoms with Crippen molar-refractivity contribution in [3.8, 4) is 0 Å². The van der Waals surface area contributed by atoms with E-state index in [1.807, 2.05) is 0 Å². The highest BCUT2D eigenvalue weighted by Gasteiger charge is 2.18. The van der Waals surface area contributed by atoms with Gasteiger partial charge in [-0.25, -0.2) is 8.42 Å². The van der Waals surface area contributed by atoms with Crippen LogP contribution in [0, 0.1) is 0 Å². The van der Waals surface area contributed by atoms with E-state index in [4.69, 9.17) is 16.3 Å². The van der Waals surface area contributed by atoms with Gasteiger partial charge in [0.2, 0.25) is 10.0 Å². The Labute approximate surface area is 128 Å². The lowest BCUT2D eigenvalue weighted by Crippen LogP contribution is -2.32. The van der Waals surface area contributed by atoms with E-state index in [1.165, 1.54) is 18.2 Å². The molecule has 1 aromatic carbocycles. The van der Waals surface area contributed by atoms with Gasteiger partial charge in [0.05, 0.1) is 22.9 Å². The van der Waals surface area contributed by atoms with Gasteiger partial charge in [0.25, 0.3) is 5.91 Å². The van der Waals surface area contributed by atoms with E-state index < -0.39 is 10.0 Å². The van der Waals surface area contributed by atoms with Crippen LogP contribution in [0.2, 0.25) is 5.02 Å². The fourth-order valence-electron chi connectivity index (χ4n) is 2.08. The molecule has 1 amide bonds. The number of carbonyl (C=O) groups excluding carboxylic acids is 1. The van der Waals surface area contributed by atoms with E-state index in [1.54, 1.807) is 0 Å². The molecular formula is C13H17ClN2O4S. The molecule has 0 unspecified atom stereocenters. The standard InChI is InChI=1S/C13H17ClN2O4S/c1-21(18,19)16-9-4-5-12(14)11(7-9)13(17)15-8-10-3-2-6-20-10/h4-5,7,10,16H,2-3,6,8H2,1H3,(H,15,17)/t10-/m0/s1. The zero-order valence-electron chi connectivity index (χ0n) is 11.6. The van der Waals surface area contributed by atoms with Crippen molar-refractivity contribution in [3.05, 3.63) is 28.8 Å². The van der Waals surface area contributed by atoms with Gasteiger partial charge in [0, 0.05) is 18.8 Å². The summed E-state index contributed by atoms with van der Waals surface area (Å²) in [6.07, 6.45) is 2.99. The van der Waals surface area contributed by atoms with Gasteiger partial charge in [0.15, 0.2) is 0 Å². The van der Waals surface area contributed by atoms with Crippen molar-refractivity contribution < 1.29 is 17.9 Å². The van der Waals surface area contributed by atoms with Gasteiger partial charge in [-0.1, -0.05) is 11.6 Å². The fourth-order valence-corrected chi connectivity index (χ4v) is 2.84. The molecule has 0 bridgehead atoms. The van der Waals surface area contributed by atoms with Crippen LogP contribution in [-0.2, 0) is 14.8 Å². The number of nitrogens with one attached hydrogen (secondary N) is 2. The molecule has 2 N–H and O–H groups in total. The number of sulfonamides is 1. The fraction of sp³-hybridized carbons (Fsp3) is 0.462. The molecule has 0 aromatic heterocycles. The van der Waals surface area contributed by atoms with E-state index >= 15 is 0 Å². The van der Waals surface area contributed by atoms with Gasteiger partial charge < -0.3 is 10.1 Å². The average molecular weight is 333 g/mol. The SMILES string of the molecule is CS(=O)(=O)Nc1ccc(Cl)c(C(=O)NC[C@@H]2CCCO2)c1. The van der Waals surface area contributed by atoms with Crippen molar-refractivity contribution in [2.24, 2.45) is 0 Å². The molecule has 1 heterocycles. The van der Waals surface area contributed by atoms with Crippen molar-refractivity contribution in [1.29, 1.82) is 0 Å². The van der Waals surface area contributed by atoms with Crippen LogP contribution >= 0.6 is 11.6 Å². The van der Waals surface area contributed by atoms with Crippen molar-refractivity contribution >= 4 is 33.2 Å². The van der Waals surface area contributed by atoms with Crippen molar-refractivity contribution in [2.75, 3.05) is 24.1 Å². The highest BCUT2D eigenvalue weighted by molar-refractivity contribution is 7.92. The van der Waals surface area contributed by atoms with Crippen LogP contribution in [0.1, 0.15) is 23.2 Å². The summed E-state index contributed by atoms with van der Waals surface area (Å²) in [6.45, 7) is 1.13. The number of hydrogen-bond acceptors (Lipinski definition) is 4. The number of halogens is 1. The van der Waals surface area contributed by atoms with Crippen LogP contribution in [0.15, 0.2) is 18.2 Å². The van der Waals surface area contributed by atoms with Crippen LogP contribution in [0.5, 0.6) is 0 Å². The smallest absolute Gasteiger partial charge is 0.252 e. The van der Waals surface area contributed by atoms with Crippen LogP contribution in [0.25, 0.3) is 0 Å². The number of hydrogen-bond donors (Lipinski definition) is 2. The molecule has 116 valence electrons. The van der Waals surface area contributed by atoms with Gasteiger partial charge in [-0.05, 0) is 31.0 Å². The molecule has 1 aliphatic rings. The van der Waals surface area contributed by atoms with E-state index in [0.717, 1.165) is 25.7 Å². The third-order valence-corrected chi connectivity index (χ3v) is 3.96. The third-order valence-electron chi connectivity index (χ3n) is 3.03. The second-order valence-corrected chi connectivity index (χ2v) is 7.07. The first-order valence-electron chi connectivity index (χ1n) is 6.52. The molecule has 1 saturated heterocycles. The maximum atomic E-state index is 12.1. The normalized spacial score (nSPS) is 18.5. The Morgan fingerprint density at radius 2 is 2.24 bits per heavy atom. The summed E-state index contributed by atoms with van der Waals surface area (Å²) in [5.41, 5.74) is 0.521. The number of rotatable bonds is 5. The topological polar surface area (TPSA) is 84.5 Å². The summed E-state index contributed by atoms with van der Waals surface area (Å²) < 4.78 is 30.1. The Kier molecular flexibility index (Phi) is 5.08. The molecular weight excluding hydrogens is 316 g/mol. The predicted molar refractivity (Wildman–Crippen MR) is 81.2 cm³/mol. The number of ether oxygens (including phenoxy) is 1. The first-order valence-corrected chi connectivity index (χ1v) is 8.79. The second-order valence-electron chi connectivity index (χ2n) is 4.91. The molecule has 6 nitrogen and oxygen atoms in total. The Morgan fingerprint density at radius 1 is 1.48 bits per heavy atom. The average Bonchev–Trinajstić information content (AvgIpc) is 2.90. The summed E-state index contributed by atoms with van der Waals surface area (Å²) in [5, 5.41) is 3.01. The third kappa shape index (κ3) is 4.87. The lowest BCUT2D eigenvalue weighted by Gasteiger charge is -2.12. The molecule has 1 atom stereocenters. The maximum absolute atomic E-state index is 12.1. The minimum Gasteiger partial charge on any atom is -0.376 e. The molecule has 0 aliphatic carbocycles. The summed E-state index contributed by atoms with van der Waals surface area (Å²) in [6, 6.07) is 4.39.